The summed E-state index contributed by atoms with van der Waals surface area (Å²) >= 11 is 1.36. The number of fused-ring (bicyclic) bond motifs is 1. The number of ether oxygens (including phenoxy) is 3. The first-order chi connectivity index (χ1) is 27.4. The zero-order valence-electron chi connectivity index (χ0n) is 33.6. The van der Waals surface area contributed by atoms with Gasteiger partial charge in [0.1, 0.15) is 16.7 Å². The Kier molecular flexibility index (Phi) is 10.2. The maximum Gasteiger partial charge on any atom is 0.332 e. The van der Waals surface area contributed by atoms with Crippen LogP contribution < -0.4 is 26.4 Å². The SMILES string of the molecule is CC#Cc1sc2c(c1C)c(=O)n(C13CC(C(=O)O[Si](c4ccccc4)(c4ccccc4)C(C)(C)C)(C1)C3)c(=O)n2C[C@H](OC1CCOCC1)c1ccccc1OC. The quantitative estimate of drug-likeness (QED) is 0.107. The van der Waals surface area contributed by atoms with Gasteiger partial charge in [-0.3, -0.25) is 18.7 Å². The molecule has 57 heavy (non-hydrogen) atoms. The topological polar surface area (TPSA) is 98.0 Å². The van der Waals surface area contributed by atoms with Crippen LogP contribution >= 0.6 is 11.3 Å². The lowest BCUT2D eigenvalue weighted by Crippen LogP contribution is -2.77. The minimum absolute atomic E-state index is 0.0728. The second kappa shape index (κ2) is 14.9. The van der Waals surface area contributed by atoms with E-state index in [-0.39, 0.29) is 29.2 Å². The van der Waals surface area contributed by atoms with Gasteiger partial charge in [0.2, 0.25) is 0 Å². The molecule has 296 valence electrons. The number of rotatable bonds is 11. The molecule has 0 spiro atoms. The molecule has 4 aliphatic rings. The molecule has 11 heteroatoms. The van der Waals surface area contributed by atoms with Crippen LogP contribution in [0.5, 0.6) is 5.75 Å². The fourth-order valence-electron chi connectivity index (χ4n) is 9.60. The summed E-state index contributed by atoms with van der Waals surface area (Å²) in [5, 5.41) is 2.14. The van der Waals surface area contributed by atoms with Crippen LogP contribution in [0, 0.1) is 24.2 Å². The maximum absolute atomic E-state index is 15.0. The Hall–Kier alpha value is -4.73. The Morgan fingerprint density at radius 2 is 1.54 bits per heavy atom. The molecule has 9 rings (SSSR count). The average Bonchev–Trinajstić information content (AvgIpc) is 3.51. The third kappa shape index (κ3) is 6.42. The van der Waals surface area contributed by atoms with Crippen molar-refractivity contribution in [1.29, 1.82) is 0 Å². The zero-order valence-corrected chi connectivity index (χ0v) is 35.4. The summed E-state index contributed by atoms with van der Waals surface area (Å²) in [6, 6.07) is 28.0. The minimum atomic E-state index is -3.17. The van der Waals surface area contributed by atoms with Crippen molar-refractivity contribution in [3.05, 3.63) is 122 Å². The van der Waals surface area contributed by atoms with Crippen molar-refractivity contribution < 1.29 is 23.4 Å². The lowest BCUT2D eigenvalue weighted by molar-refractivity contribution is -0.213. The van der Waals surface area contributed by atoms with Crippen molar-refractivity contribution in [3.63, 3.8) is 0 Å². The number of para-hydroxylation sites is 1. The van der Waals surface area contributed by atoms with Gasteiger partial charge in [-0.1, -0.05) is 106 Å². The largest absolute Gasteiger partial charge is 0.509 e. The number of thiophene rings is 1. The van der Waals surface area contributed by atoms with Crippen molar-refractivity contribution in [1.82, 2.24) is 9.13 Å². The summed E-state index contributed by atoms with van der Waals surface area (Å²) in [4.78, 5) is 45.8. The third-order valence-electron chi connectivity index (χ3n) is 12.4. The highest BCUT2D eigenvalue weighted by molar-refractivity contribution is 7.19. The van der Waals surface area contributed by atoms with E-state index in [0.717, 1.165) is 39.2 Å². The summed E-state index contributed by atoms with van der Waals surface area (Å²) in [6.45, 7) is 11.5. The van der Waals surface area contributed by atoms with E-state index < -0.39 is 31.1 Å². The Bertz CT molecular complexity index is 2440. The van der Waals surface area contributed by atoms with Gasteiger partial charge in [0.25, 0.3) is 11.5 Å². The highest BCUT2D eigenvalue weighted by Crippen LogP contribution is 2.71. The molecule has 3 aromatic carbocycles. The lowest BCUT2D eigenvalue weighted by atomic mass is 9.39. The first kappa shape index (κ1) is 39.1. The zero-order chi connectivity index (χ0) is 40.2. The van der Waals surface area contributed by atoms with E-state index in [1.807, 2.05) is 67.6 Å². The van der Waals surface area contributed by atoms with Gasteiger partial charge in [-0.25, -0.2) is 4.79 Å². The number of aryl methyl sites for hydroxylation is 1. The standard InChI is InChI=1S/C46H50N2O7SSi/c1-7-16-38-31(2)39-40(49)48(43(51)47(41(39)56-38)27-37(54-32-23-25-53-26-24-32)35-21-14-15-22-36(35)52-6)46-28-45(29-46,30-46)42(50)55-57(44(3,4)5,33-17-10-8-11-18-33)34-19-12-9-13-20-34/h8-15,17-22,32,37H,23-30H2,1-6H3/t37-,45?,46?/m0/s1. The summed E-state index contributed by atoms with van der Waals surface area (Å²) in [6.07, 6.45) is 1.92. The van der Waals surface area contributed by atoms with Gasteiger partial charge in [-0.2, -0.15) is 0 Å². The van der Waals surface area contributed by atoms with E-state index in [1.54, 1.807) is 18.6 Å². The first-order valence-corrected chi connectivity index (χ1v) is 22.5. The van der Waals surface area contributed by atoms with Crippen LogP contribution in [0.1, 0.15) is 81.9 Å². The Labute approximate surface area is 338 Å². The number of nitrogens with zero attached hydrogens (tertiary/aromatic N) is 2. The van der Waals surface area contributed by atoms with E-state index in [9.17, 15) is 9.59 Å². The molecule has 9 nitrogen and oxygen atoms in total. The number of methoxy groups -OCH3 is 1. The second-order valence-electron chi connectivity index (χ2n) is 16.9. The Morgan fingerprint density at radius 1 is 0.947 bits per heavy atom. The van der Waals surface area contributed by atoms with E-state index in [2.05, 4.69) is 56.9 Å². The molecule has 1 atom stereocenters. The van der Waals surface area contributed by atoms with Gasteiger partial charge in [-0.05, 0) is 73.0 Å². The predicted molar refractivity (Wildman–Crippen MR) is 226 cm³/mol. The Morgan fingerprint density at radius 3 is 2.12 bits per heavy atom. The van der Waals surface area contributed by atoms with E-state index in [0.29, 0.717) is 48.4 Å². The molecular formula is C46H50N2O7SSi. The molecule has 1 saturated heterocycles. The van der Waals surface area contributed by atoms with Gasteiger partial charge in [-0.15, -0.1) is 17.3 Å². The van der Waals surface area contributed by atoms with Gasteiger partial charge in [0.15, 0.2) is 0 Å². The summed E-state index contributed by atoms with van der Waals surface area (Å²) < 4.78 is 28.4. The van der Waals surface area contributed by atoms with Crippen LogP contribution in [-0.2, 0) is 30.8 Å². The van der Waals surface area contributed by atoms with E-state index >= 15 is 4.79 Å². The summed E-state index contributed by atoms with van der Waals surface area (Å²) in [5.74, 6) is 6.56. The molecule has 3 aliphatic carbocycles. The third-order valence-corrected chi connectivity index (χ3v) is 18.5. The normalized spacial score (nSPS) is 21.2. The lowest BCUT2D eigenvalue weighted by Gasteiger charge is -2.68. The van der Waals surface area contributed by atoms with Gasteiger partial charge in [0.05, 0.1) is 41.0 Å². The molecule has 2 aromatic heterocycles. The summed E-state index contributed by atoms with van der Waals surface area (Å²) in [7, 11) is -1.54. The molecule has 0 radical (unpaired) electrons. The summed E-state index contributed by atoms with van der Waals surface area (Å²) in [5.41, 5.74) is -0.759. The first-order valence-electron chi connectivity index (χ1n) is 19.8. The molecule has 0 amide bonds. The van der Waals surface area contributed by atoms with Crippen molar-refractivity contribution in [2.24, 2.45) is 5.41 Å². The van der Waals surface area contributed by atoms with Gasteiger partial charge >= 0.3 is 14.0 Å². The number of benzene rings is 3. The van der Waals surface area contributed by atoms with E-state index in [4.69, 9.17) is 18.6 Å². The average molecular weight is 803 g/mol. The van der Waals surface area contributed by atoms with Gasteiger partial charge < -0.3 is 18.6 Å². The fraction of sp³-hybridized carbons (Fsp3) is 0.413. The molecule has 5 aromatic rings. The van der Waals surface area contributed by atoms with Crippen LogP contribution in [0.4, 0.5) is 0 Å². The number of aromatic nitrogens is 2. The van der Waals surface area contributed by atoms with Crippen LogP contribution in [0.2, 0.25) is 5.04 Å². The monoisotopic (exact) mass is 802 g/mol. The van der Waals surface area contributed by atoms with E-state index in [1.165, 1.54) is 15.9 Å². The highest BCUT2D eigenvalue weighted by Gasteiger charge is 2.75. The minimum Gasteiger partial charge on any atom is -0.509 e. The number of carbonyl (C=O) groups excluding carboxylic acids is 1. The van der Waals surface area contributed by atoms with Crippen LogP contribution in [0.3, 0.4) is 0 Å². The predicted octanol–water partition coefficient (Wildman–Crippen LogP) is 6.83. The highest BCUT2D eigenvalue weighted by atomic mass is 32.1. The second-order valence-corrected chi connectivity index (χ2v) is 22.1. The molecule has 1 aliphatic heterocycles. The Balaban J connectivity index is 1.19. The van der Waals surface area contributed by atoms with Crippen molar-refractivity contribution in [2.45, 2.75) is 96.1 Å². The van der Waals surface area contributed by atoms with Crippen molar-refractivity contribution >= 4 is 46.2 Å². The number of carbonyl (C=O) groups is 1. The number of hydrogen-bond acceptors (Lipinski definition) is 8. The molecular weight excluding hydrogens is 753 g/mol. The molecule has 4 fully saturated rings. The van der Waals surface area contributed by atoms with Crippen molar-refractivity contribution in [3.8, 4) is 17.6 Å². The number of hydrogen-bond donors (Lipinski definition) is 0. The maximum atomic E-state index is 15.0. The molecule has 0 unspecified atom stereocenters. The molecule has 0 N–H and O–H groups in total. The molecule has 2 bridgehead atoms. The van der Waals surface area contributed by atoms with Crippen LogP contribution in [0.25, 0.3) is 10.2 Å². The van der Waals surface area contributed by atoms with Gasteiger partial charge in [0, 0.05) is 18.8 Å². The van der Waals surface area contributed by atoms with Crippen LogP contribution in [0.15, 0.2) is 94.5 Å². The van der Waals surface area contributed by atoms with Crippen LogP contribution in [-0.4, -0.2) is 49.8 Å². The fourth-order valence-corrected chi connectivity index (χ4v) is 15.2. The molecule has 3 heterocycles. The molecule has 3 saturated carbocycles. The smallest absolute Gasteiger partial charge is 0.332 e. The van der Waals surface area contributed by atoms with Crippen molar-refractivity contribution in [2.75, 3.05) is 20.3 Å².